The number of hydrogen-bond acceptors (Lipinski definition) is 4. The van der Waals surface area contributed by atoms with Gasteiger partial charge in [-0.15, -0.1) is 0 Å². The Kier molecular flexibility index (Phi) is 2.82. The minimum Gasteiger partial charge on any atom is -0.265 e. The lowest BCUT2D eigenvalue weighted by molar-refractivity contribution is 0.680. The van der Waals surface area contributed by atoms with E-state index in [0.29, 0.717) is 5.16 Å². The molecule has 0 aliphatic rings. The van der Waals surface area contributed by atoms with Crippen LogP contribution in [-0.4, -0.2) is 25.4 Å². The van der Waals surface area contributed by atoms with Crippen molar-refractivity contribution in [2.45, 2.75) is 5.16 Å². The lowest BCUT2D eigenvalue weighted by Gasteiger charge is -2.00. The summed E-state index contributed by atoms with van der Waals surface area (Å²) < 4.78 is 11.2. The number of aromatic nitrogens is 3. The average molecular weight is 219 g/mol. The van der Waals surface area contributed by atoms with Gasteiger partial charge in [0, 0.05) is 30.4 Å². The monoisotopic (exact) mass is 219 g/mol. The van der Waals surface area contributed by atoms with E-state index in [9.17, 15) is 4.21 Å². The second-order valence-electron chi connectivity index (χ2n) is 2.91. The third kappa shape index (κ3) is 2.24. The first kappa shape index (κ1) is 9.92. The maximum Gasteiger partial charge on any atom is 0.218 e. The van der Waals surface area contributed by atoms with Crippen LogP contribution in [-0.2, 0) is 10.8 Å². The van der Waals surface area contributed by atoms with E-state index < -0.39 is 10.8 Å². The molecule has 76 valence electrons. The molecule has 1 atom stereocenters. The quantitative estimate of drug-likeness (QED) is 0.714. The van der Waals surface area contributed by atoms with Crippen LogP contribution >= 0.6 is 0 Å². The van der Waals surface area contributed by atoms with Crippen LogP contribution in [0.2, 0.25) is 0 Å². The molecule has 0 unspecified atom stereocenters. The fourth-order valence-electron chi connectivity index (χ4n) is 1.16. The lowest BCUT2D eigenvalue weighted by Crippen LogP contribution is -1.97. The summed E-state index contributed by atoms with van der Waals surface area (Å²) in [6, 6.07) is 5.49. The smallest absolute Gasteiger partial charge is 0.218 e. The van der Waals surface area contributed by atoms with Gasteiger partial charge in [-0.3, -0.25) is 9.19 Å². The van der Waals surface area contributed by atoms with Crippen molar-refractivity contribution in [1.29, 1.82) is 0 Å². The van der Waals surface area contributed by atoms with E-state index in [0.717, 1.165) is 11.3 Å². The van der Waals surface area contributed by atoms with Crippen molar-refractivity contribution in [3.8, 4) is 11.3 Å². The number of rotatable bonds is 2. The summed E-state index contributed by atoms with van der Waals surface area (Å²) >= 11 is 0. The van der Waals surface area contributed by atoms with Crippen molar-refractivity contribution in [3.05, 3.63) is 36.8 Å². The van der Waals surface area contributed by atoms with E-state index in [2.05, 4.69) is 15.0 Å². The van der Waals surface area contributed by atoms with Crippen LogP contribution in [0.3, 0.4) is 0 Å². The summed E-state index contributed by atoms with van der Waals surface area (Å²) in [5, 5.41) is 0.351. The predicted molar refractivity (Wildman–Crippen MR) is 57.6 cm³/mol. The van der Waals surface area contributed by atoms with Gasteiger partial charge in [0.25, 0.3) is 0 Å². The Hall–Kier alpha value is -1.62. The Morgan fingerprint density at radius 1 is 1.13 bits per heavy atom. The molecule has 0 bridgehead atoms. The molecule has 2 aromatic rings. The SMILES string of the molecule is C[S@@](=O)c1nccc(-c2ccncc2)n1. The Bertz CT molecular complexity index is 487. The zero-order valence-electron chi connectivity index (χ0n) is 8.12. The molecular weight excluding hydrogens is 210 g/mol. The van der Waals surface area contributed by atoms with Gasteiger partial charge in [0.05, 0.1) is 16.5 Å². The Balaban J connectivity index is 2.46. The van der Waals surface area contributed by atoms with Crippen LogP contribution in [0.5, 0.6) is 0 Å². The van der Waals surface area contributed by atoms with E-state index >= 15 is 0 Å². The largest absolute Gasteiger partial charge is 0.265 e. The maximum atomic E-state index is 11.2. The van der Waals surface area contributed by atoms with Crippen LogP contribution in [0, 0.1) is 0 Å². The lowest BCUT2D eigenvalue weighted by atomic mass is 10.2. The number of nitrogens with zero attached hydrogens (tertiary/aromatic N) is 3. The molecule has 0 aromatic carbocycles. The van der Waals surface area contributed by atoms with Crippen LogP contribution in [0.4, 0.5) is 0 Å². The Morgan fingerprint density at radius 3 is 2.53 bits per heavy atom. The van der Waals surface area contributed by atoms with Crippen molar-refractivity contribution in [2.75, 3.05) is 6.26 Å². The normalized spacial score (nSPS) is 12.3. The molecule has 0 radical (unpaired) electrons. The van der Waals surface area contributed by atoms with E-state index in [1.165, 1.54) is 0 Å². The molecule has 0 N–H and O–H groups in total. The summed E-state index contributed by atoms with van der Waals surface area (Å²) in [6.07, 6.45) is 6.56. The van der Waals surface area contributed by atoms with Crippen LogP contribution in [0.1, 0.15) is 0 Å². The molecule has 2 rings (SSSR count). The molecule has 4 nitrogen and oxygen atoms in total. The molecule has 0 saturated carbocycles. The summed E-state index contributed by atoms with van der Waals surface area (Å²) in [5.41, 5.74) is 1.71. The van der Waals surface area contributed by atoms with Gasteiger partial charge >= 0.3 is 0 Å². The molecule has 0 aliphatic heterocycles. The minimum absolute atomic E-state index is 0.351. The third-order valence-corrected chi connectivity index (χ3v) is 2.58. The van der Waals surface area contributed by atoms with Gasteiger partial charge in [-0.1, -0.05) is 0 Å². The average Bonchev–Trinajstić information content (AvgIpc) is 2.30. The molecule has 2 aromatic heterocycles. The van der Waals surface area contributed by atoms with Gasteiger partial charge in [-0.2, -0.15) is 0 Å². The number of hydrogen-bond donors (Lipinski definition) is 0. The zero-order valence-corrected chi connectivity index (χ0v) is 8.94. The van der Waals surface area contributed by atoms with Crippen LogP contribution in [0.25, 0.3) is 11.3 Å². The topological polar surface area (TPSA) is 55.7 Å². The van der Waals surface area contributed by atoms with Gasteiger partial charge in [-0.25, -0.2) is 9.97 Å². The molecule has 0 aliphatic carbocycles. The molecule has 0 fully saturated rings. The van der Waals surface area contributed by atoms with Gasteiger partial charge in [0.2, 0.25) is 5.16 Å². The standard InChI is InChI=1S/C10H9N3OS/c1-15(14)10-12-7-4-9(13-10)8-2-5-11-6-3-8/h2-7H,1H3/t15-/m1/s1. The van der Waals surface area contributed by atoms with E-state index in [4.69, 9.17) is 0 Å². The maximum absolute atomic E-state index is 11.2. The van der Waals surface area contributed by atoms with Gasteiger partial charge in [0.15, 0.2) is 0 Å². The first-order chi connectivity index (χ1) is 7.27. The fraction of sp³-hybridized carbons (Fsp3) is 0.100. The minimum atomic E-state index is -1.15. The summed E-state index contributed by atoms with van der Waals surface area (Å²) in [5.74, 6) is 0. The highest BCUT2D eigenvalue weighted by Crippen LogP contribution is 2.15. The molecule has 0 saturated heterocycles. The first-order valence-corrected chi connectivity index (χ1v) is 5.90. The van der Waals surface area contributed by atoms with Crippen molar-refractivity contribution < 1.29 is 4.21 Å². The molecular formula is C10H9N3OS. The highest BCUT2D eigenvalue weighted by molar-refractivity contribution is 7.84. The highest BCUT2D eigenvalue weighted by Gasteiger charge is 2.03. The molecule has 15 heavy (non-hydrogen) atoms. The van der Waals surface area contributed by atoms with Crippen molar-refractivity contribution in [3.63, 3.8) is 0 Å². The summed E-state index contributed by atoms with van der Waals surface area (Å²) in [4.78, 5) is 12.1. The Morgan fingerprint density at radius 2 is 1.87 bits per heavy atom. The first-order valence-electron chi connectivity index (χ1n) is 4.34. The molecule has 2 heterocycles. The van der Waals surface area contributed by atoms with Gasteiger partial charge in [-0.05, 0) is 18.2 Å². The highest BCUT2D eigenvalue weighted by atomic mass is 32.2. The van der Waals surface area contributed by atoms with Gasteiger partial charge in [0.1, 0.15) is 0 Å². The molecule has 0 amide bonds. The van der Waals surface area contributed by atoms with E-state index in [1.807, 2.05) is 12.1 Å². The van der Waals surface area contributed by atoms with Crippen molar-refractivity contribution in [1.82, 2.24) is 15.0 Å². The predicted octanol–water partition coefficient (Wildman–Crippen LogP) is 1.28. The second kappa shape index (κ2) is 4.27. The number of pyridine rings is 1. The summed E-state index contributed by atoms with van der Waals surface area (Å²) in [7, 11) is -1.15. The Labute approximate surface area is 89.9 Å². The second-order valence-corrected chi connectivity index (χ2v) is 4.19. The molecule has 0 spiro atoms. The van der Waals surface area contributed by atoms with Gasteiger partial charge < -0.3 is 0 Å². The van der Waals surface area contributed by atoms with E-state index in [1.54, 1.807) is 30.9 Å². The van der Waals surface area contributed by atoms with Crippen molar-refractivity contribution >= 4 is 10.8 Å². The van der Waals surface area contributed by atoms with E-state index in [-0.39, 0.29) is 0 Å². The van der Waals surface area contributed by atoms with Crippen LogP contribution in [0.15, 0.2) is 41.9 Å². The third-order valence-electron chi connectivity index (χ3n) is 1.87. The van der Waals surface area contributed by atoms with Crippen molar-refractivity contribution in [2.24, 2.45) is 0 Å². The molecule has 5 heteroatoms. The van der Waals surface area contributed by atoms with Crippen LogP contribution < -0.4 is 0 Å². The zero-order chi connectivity index (χ0) is 10.7. The summed E-state index contributed by atoms with van der Waals surface area (Å²) in [6.45, 7) is 0. The fourth-order valence-corrected chi connectivity index (χ4v) is 1.60.